The van der Waals surface area contributed by atoms with Crippen LogP contribution in [-0.4, -0.2) is 18.5 Å². The third kappa shape index (κ3) is 5.81. The maximum Gasteiger partial charge on any atom is 0.332 e. The van der Waals surface area contributed by atoms with Crippen LogP contribution in [0.3, 0.4) is 0 Å². The number of ether oxygens (including phenoxy) is 2. The van der Waals surface area contributed by atoms with Gasteiger partial charge in [0.25, 0.3) is 5.91 Å². The Bertz CT molecular complexity index is 774. The number of carbonyl (C=O) groups excluding carboxylic acids is 2. The molecule has 1 N–H and O–H groups in total. The third-order valence-electron chi connectivity index (χ3n) is 3.53. The molecule has 26 heavy (non-hydrogen) atoms. The van der Waals surface area contributed by atoms with E-state index in [0.717, 1.165) is 12.2 Å². The van der Waals surface area contributed by atoms with Gasteiger partial charge in [-0.1, -0.05) is 19.1 Å². The lowest BCUT2D eigenvalue weighted by Crippen LogP contribution is -2.21. The van der Waals surface area contributed by atoms with Gasteiger partial charge in [0, 0.05) is 11.8 Å². The van der Waals surface area contributed by atoms with Crippen LogP contribution >= 0.6 is 0 Å². The van der Waals surface area contributed by atoms with Crippen LogP contribution in [0.5, 0.6) is 5.75 Å². The van der Waals surface area contributed by atoms with Gasteiger partial charge in [0.15, 0.2) is 5.76 Å². The Labute approximate surface area is 152 Å². The molecule has 0 aliphatic carbocycles. The summed E-state index contributed by atoms with van der Waals surface area (Å²) < 4.78 is 15.9. The number of rotatable bonds is 8. The zero-order valence-corrected chi connectivity index (χ0v) is 15.2. The molecule has 2 rings (SSSR count). The highest BCUT2D eigenvalue weighted by molar-refractivity contribution is 5.93. The summed E-state index contributed by atoms with van der Waals surface area (Å²) in [6.45, 7) is 5.90. The average molecular weight is 357 g/mol. The number of nitrogens with one attached hydrogen (secondary N) is 1. The number of carbonyl (C=O) groups is 2. The molecule has 0 aliphatic rings. The molecule has 2 aromatic rings. The van der Waals surface area contributed by atoms with Crippen molar-refractivity contribution in [1.82, 2.24) is 5.32 Å². The fourth-order valence-electron chi connectivity index (χ4n) is 2.19. The number of amides is 1. The first-order valence-electron chi connectivity index (χ1n) is 8.48. The molecule has 0 saturated heterocycles. The van der Waals surface area contributed by atoms with E-state index in [0.29, 0.717) is 11.5 Å². The fraction of sp³-hybridized carbons (Fsp3) is 0.300. The summed E-state index contributed by atoms with van der Waals surface area (Å²) in [4.78, 5) is 23.5. The minimum atomic E-state index is -0.507. The quantitative estimate of drug-likeness (QED) is 0.577. The lowest BCUT2D eigenvalue weighted by molar-refractivity contribution is -0.137. The van der Waals surface area contributed by atoms with Crippen LogP contribution in [0.4, 0.5) is 0 Å². The monoisotopic (exact) mass is 357 g/mol. The molecule has 6 heteroatoms. The summed E-state index contributed by atoms with van der Waals surface area (Å²) in [6.07, 6.45) is 2.19. The molecule has 0 unspecified atom stereocenters. The maximum atomic E-state index is 12.1. The van der Waals surface area contributed by atoms with Gasteiger partial charge in [-0.3, -0.25) is 4.79 Å². The summed E-state index contributed by atoms with van der Waals surface area (Å²) >= 11 is 0. The first-order valence-corrected chi connectivity index (χ1v) is 8.48. The van der Waals surface area contributed by atoms with Crippen LogP contribution in [0.2, 0.25) is 0 Å². The Balaban J connectivity index is 1.89. The molecule has 0 radical (unpaired) electrons. The molecule has 1 amide bonds. The van der Waals surface area contributed by atoms with Crippen molar-refractivity contribution in [3.05, 3.63) is 65.3 Å². The minimum Gasteiger partial charge on any atom is -0.486 e. The zero-order valence-electron chi connectivity index (χ0n) is 15.2. The molecule has 0 bridgehead atoms. The van der Waals surface area contributed by atoms with Crippen molar-refractivity contribution in [3.63, 3.8) is 0 Å². The van der Waals surface area contributed by atoms with Gasteiger partial charge in [-0.05, 0) is 50.1 Å². The molecule has 1 aromatic carbocycles. The van der Waals surface area contributed by atoms with Crippen LogP contribution in [-0.2, 0) is 22.6 Å². The van der Waals surface area contributed by atoms with Crippen molar-refractivity contribution >= 4 is 11.9 Å². The zero-order chi connectivity index (χ0) is 18.9. The van der Waals surface area contributed by atoms with Gasteiger partial charge in [-0.2, -0.15) is 0 Å². The van der Waals surface area contributed by atoms with Crippen molar-refractivity contribution in [2.75, 3.05) is 6.61 Å². The van der Waals surface area contributed by atoms with Crippen LogP contribution in [0.1, 0.15) is 42.6 Å². The summed E-state index contributed by atoms with van der Waals surface area (Å²) in [5.41, 5.74) is 1.61. The highest BCUT2D eigenvalue weighted by Gasteiger charge is 2.12. The molecule has 1 aromatic heterocycles. The number of allylic oxidation sites excluding steroid dienone is 1. The van der Waals surface area contributed by atoms with Crippen LogP contribution < -0.4 is 10.1 Å². The number of benzene rings is 1. The number of aryl methyl sites for hydroxylation is 1. The standard InChI is InChI=1S/C20H23NO5/c1-4-15-6-8-16(9-7-15)25-13-17-10-11-18(26-17)20(23)21-14(3)12-19(22)24-5-2/h6-12H,4-5,13H2,1-3H3,(H,21,23)/b14-12+. The molecular weight excluding hydrogens is 334 g/mol. The Morgan fingerprint density at radius 3 is 2.50 bits per heavy atom. The Morgan fingerprint density at radius 1 is 1.12 bits per heavy atom. The molecule has 0 atom stereocenters. The van der Waals surface area contributed by atoms with E-state index in [2.05, 4.69) is 12.2 Å². The van der Waals surface area contributed by atoms with Gasteiger partial charge >= 0.3 is 5.97 Å². The number of esters is 1. The van der Waals surface area contributed by atoms with E-state index < -0.39 is 11.9 Å². The number of hydrogen-bond donors (Lipinski definition) is 1. The summed E-state index contributed by atoms with van der Waals surface area (Å²) in [7, 11) is 0. The SMILES string of the molecule is CCOC(=O)/C=C(\C)NC(=O)c1ccc(COc2ccc(CC)cc2)o1. The smallest absolute Gasteiger partial charge is 0.332 e. The molecule has 138 valence electrons. The molecule has 0 saturated carbocycles. The highest BCUT2D eigenvalue weighted by Crippen LogP contribution is 2.16. The predicted octanol–water partition coefficient (Wildman–Crippen LogP) is 3.62. The molecular formula is C20H23NO5. The minimum absolute atomic E-state index is 0.140. The maximum absolute atomic E-state index is 12.1. The van der Waals surface area contributed by atoms with Crippen LogP contribution in [0.15, 0.2) is 52.6 Å². The van der Waals surface area contributed by atoms with E-state index in [-0.39, 0.29) is 19.0 Å². The average Bonchev–Trinajstić information content (AvgIpc) is 3.09. The topological polar surface area (TPSA) is 77.8 Å². The second kappa shape index (κ2) is 9.46. The summed E-state index contributed by atoms with van der Waals surface area (Å²) in [5, 5.41) is 2.57. The lowest BCUT2D eigenvalue weighted by atomic mass is 10.2. The summed E-state index contributed by atoms with van der Waals surface area (Å²) in [5.74, 6) is 0.454. The van der Waals surface area contributed by atoms with E-state index in [4.69, 9.17) is 13.9 Å². The highest BCUT2D eigenvalue weighted by atomic mass is 16.5. The first-order chi connectivity index (χ1) is 12.5. The van der Waals surface area contributed by atoms with Crippen LogP contribution in [0, 0.1) is 0 Å². The fourth-order valence-corrected chi connectivity index (χ4v) is 2.19. The second-order valence-electron chi connectivity index (χ2n) is 5.59. The molecule has 0 aliphatic heterocycles. The normalized spacial score (nSPS) is 11.1. The predicted molar refractivity (Wildman–Crippen MR) is 96.7 cm³/mol. The molecule has 1 heterocycles. The van der Waals surface area contributed by atoms with Crippen molar-refractivity contribution in [1.29, 1.82) is 0 Å². The number of hydrogen-bond acceptors (Lipinski definition) is 5. The van der Waals surface area contributed by atoms with Crippen molar-refractivity contribution in [2.24, 2.45) is 0 Å². The summed E-state index contributed by atoms with van der Waals surface area (Å²) in [6, 6.07) is 11.1. The van der Waals surface area contributed by atoms with Gasteiger partial charge in [0.05, 0.1) is 6.61 Å². The van der Waals surface area contributed by atoms with E-state index in [1.807, 2.05) is 24.3 Å². The second-order valence-corrected chi connectivity index (χ2v) is 5.59. The van der Waals surface area contributed by atoms with Crippen molar-refractivity contribution in [3.8, 4) is 5.75 Å². The van der Waals surface area contributed by atoms with E-state index in [1.54, 1.807) is 26.0 Å². The van der Waals surface area contributed by atoms with Gasteiger partial charge in [0.1, 0.15) is 18.1 Å². The van der Waals surface area contributed by atoms with Gasteiger partial charge < -0.3 is 19.2 Å². The van der Waals surface area contributed by atoms with Gasteiger partial charge in [0.2, 0.25) is 0 Å². The first kappa shape index (κ1) is 19.3. The Kier molecular flexibility index (Phi) is 7.02. The van der Waals surface area contributed by atoms with E-state index in [9.17, 15) is 9.59 Å². The molecule has 0 fully saturated rings. The van der Waals surface area contributed by atoms with Crippen molar-refractivity contribution in [2.45, 2.75) is 33.8 Å². The van der Waals surface area contributed by atoms with Gasteiger partial charge in [-0.25, -0.2) is 4.79 Å². The Hall–Kier alpha value is -3.02. The molecule has 6 nitrogen and oxygen atoms in total. The van der Waals surface area contributed by atoms with Gasteiger partial charge in [-0.15, -0.1) is 0 Å². The molecule has 0 spiro atoms. The lowest BCUT2D eigenvalue weighted by Gasteiger charge is -2.05. The van der Waals surface area contributed by atoms with Crippen LogP contribution in [0.25, 0.3) is 0 Å². The Morgan fingerprint density at radius 2 is 1.85 bits per heavy atom. The largest absolute Gasteiger partial charge is 0.486 e. The third-order valence-corrected chi connectivity index (χ3v) is 3.53. The van der Waals surface area contributed by atoms with E-state index in [1.165, 1.54) is 11.6 Å². The van der Waals surface area contributed by atoms with Crippen molar-refractivity contribution < 1.29 is 23.5 Å². The van der Waals surface area contributed by atoms with E-state index >= 15 is 0 Å². The number of furan rings is 1.